The summed E-state index contributed by atoms with van der Waals surface area (Å²) in [5.74, 6) is 1.53. The lowest BCUT2D eigenvalue weighted by atomic mass is 10.1. The smallest absolute Gasteiger partial charge is 0.267 e. The fourth-order valence-corrected chi connectivity index (χ4v) is 3.91. The Kier molecular flexibility index (Phi) is 4.81. The molecule has 1 aliphatic heterocycles. The normalized spacial score (nSPS) is 12.8. The molecule has 1 aliphatic rings. The highest BCUT2D eigenvalue weighted by atomic mass is 32.2. The molecule has 0 unspecified atom stereocenters. The van der Waals surface area contributed by atoms with Crippen molar-refractivity contribution in [1.29, 1.82) is 0 Å². The summed E-state index contributed by atoms with van der Waals surface area (Å²) in [6, 6.07) is 11.1. The van der Waals surface area contributed by atoms with Crippen LogP contribution in [0.25, 0.3) is 11.3 Å². The van der Waals surface area contributed by atoms with Gasteiger partial charge in [-0.25, -0.2) is 4.68 Å². The van der Waals surface area contributed by atoms with Crippen molar-refractivity contribution in [1.82, 2.24) is 14.9 Å². The minimum atomic E-state index is -0.376. The van der Waals surface area contributed by atoms with Gasteiger partial charge in [0.05, 0.1) is 17.0 Å². The van der Waals surface area contributed by atoms with Gasteiger partial charge < -0.3 is 4.52 Å². The van der Waals surface area contributed by atoms with Crippen LogP contribution in [0, 0.1) is 0 Å². The van der Waals surface area contributed by atoms with Crippen LogP contribution in [0.3, 0.4) is 0 Å². The summed E-state index contributed by atoms with van der Waals surface area (Å²) in [5, 5.41) is 11.0. The zero-order chi connectivity index (χ0) is 18.8. The highest BCUT2D eigenvalue weighted by Crippen LogP contribution is 2.34. The fraction of sp³-hybridized carbons (Fsp3) is 0.263. The molecule has 0 spiro atoms. The van der Waals surface area contributed by atoms with Gasteiger partial charge >= 0.3 is 0 Å². The van der Waals surface area contributed by atoms with Gasteiger partial charge in [0.2, 0.25) is 11.8 Å². The third-order valence-electron chi connectivity index (χ3n) is 4.43. The van der Waals surface area contributed by atoms with E-state index in [4.69, 9.17) is 4.52 Å². The van der Waals surface area contributed by atoms with Crippen LogP contribution >= 0.6 is 11.8 Å². The molecule has 0 atom stereocenters. The number of nitrogens with zero attached hydrogens (tertiary/aromatic N) is 3. The maximum absolute atomic E-state index is 12.4. The summed E-state index contributed by atoms with van der Waals surface area (Å²) in [5.41, 5.74) is 4.21. The van der Waals surface area contributed by atoms with E-state index in [0.29, 0.717) is 11.6 Å². The average Bonchev–Trinajstić information content (AvgIpc) is 3.29. The highest BCUT2D eigenvalue weighted by molar-refractivity contribution is 7.98. The van der Waals surface area contributed by atoms with Gasteiger partial charge in [-0.3, -0.25) is 14.9 Å². The van der Waals surface area contributed by atoms with E-state index in [1.165, 1.54) is 11.6 Å². The average molecular weight is 382 g/mol. The van der Waals surface area contributed by atoms with Gasteiger partial charge in [-0.2, -0.15) is 16.9 Å². The van der Waals surface area contributed by atoms with Crippen LogP contribution in [-0.4, -0.2) is 20.8 Å². The van der Waals surface area contributed by atoms with Crippen molar-refractivity contribution < 1.29 is 9.32 Å². The Morgan fingerprint density at radius 3 is 2.81 bits per heavy atom. The van der Waals surface area contributed by atoms with Crippen molar-refractivity contribution in [3.8, 4) is 11.3 Å². The Morgan fingerprint density at radius 1 is 1.22 bits per heavy atom. The van der Waals surface area contributed by atoms with Crippen molar-refractivity contribution in [2.45, 2.75) is 31.4 Å². The predicted octanol–water partition coefficient (Wildman–Crippen LogP) is 2.85. The molecule has 0 fully saturated rings. The third-order valence-corrected chi connectivity index (χ3v) is 5.40. The molecule has 138 valence electrons. The van der Waals surface area contributed by atoms with E-state index >= 15 is 0 Å². The quantitative estimate of drug-likeness (QED) is 0.730. The van der Waals surface area contributed by atoms with Crippen molar-refractivity contribution in [2.75, 3.05) is 5.32 Å². The summed E-state index contributed by atoms with van der Waals surface area (Å²) in [6.07, 6.45) is 0.956. The molecule has 0 bridgehead atoms. The van der Waals surface area contributed by atoms with Gasteiger partial charge in [-0.1, -0.05) is 36.3 Å². The first-order chi connectivity index (χ1) is 13.1. The molecular weight excluding hydrogens is 364 g/mol. The van der Waals surface area contributed by atoms with Crippen LogP contribution in [0.4, 0.5) is 5.88 Å². The first-order valence-electron chi connectivity index (χ1n) is 8.66. The predicted molar refractivity (Wildman–Crippen MR) is 103 cm³/mol. The van der Waals surface area contributed by atoms with Gasteiger partial charge in [0.25, 0.3) is 5.56 Å². The van der Waals surface area contributed by atoms with E-state index in [1.807, 2.05) is 24.3 Å². The Labute approximate surface area is 159 Å². The number of carbonyl (C=O) groups is 1. The van der Waals surface area contributed by atoms with Crippen LogP contribution in [-0.2, 0) is 29.3 Å². The first-order valence-corrected chi connectivity index (χ1v) is 9.82. The number of hydrogen-bond donors (Lipinski definition) is 1. The molecule has 8 heteroatoms. The second-order valence-corrected chi connectivity index (χ2v) is 7.23. The number of carbonyl (C=O) groups excluding carboxylic acids is 1. The number of rotatable bonds is 5. The Bertz CT molecular complexity index is 1040. The molecule has 0 saturated heterocycles. The molecule has 7 nitrogen and oxygen atoms in total. The van der Waals surface area contributed by atoms with Crippen molar-refractivity contribution in [2.24, 2.45) is 0 Å². The minimum absolute atomic E-state index is 0.192. The lowest BCUT2D eigenvalue weighted by Gasteiger charge is -2.08. The maximum atomic E-state index is 12.4. The van der Waals surface area contributed by atoms with Gasteiger partial charge in [0.15, 0.2) is 0 Å². The molecule has 3 heterocycles. The topological polar surface area (TPSA) is 90.0 Å². The molecule has 1 N–H and O–H groups in total. The van der Waals surface area contributed by atoms with Crippen molar-refractivity contribution >= 4 is 23.6 Å². The second kappa shape index (κ2) is 7.40. The Balaban J connectivity index is 1.52. The molecule has 3 aromatic rings. The number of aromatic nitrogens is 3. The standard InChI is InChI=1S/C19H18N4O3S/c1-2-12-3-5-13(6-4-12)15-7-8-18(25)23(21-15)9-17(24)20-19-14-10-27-11-16(14)22-26-19/h3-8H,2,9-11H2,1H3,(H,20,24). The number of benzene rings is 1. The van der Waals surface area contributed by atoms with E-state index in [2.05, 4.69) is 22.5 Å². The van der Waals surface area contributed by atoms with Crippen LogP contribution in [0.15, 0.2) is 45.7 Å². The number of fused-ring (bicyclic) bond motifs is 1. The molecule has 1 aromatic carbocycles. The lowest BCUT2D eigenvalue weighted by Crippen LogP contribution is -2.29. The summed E-state index contributed by atoms with van der Waals surface area (Å²) >= 11 is 1.72. The SMILES string of the molecule is CCc1ccc(-c2ccc(=O)n(CC(=O)Nc3onc4c3CSC4)n2)cc1. The number of amides is 1. The highest BCUT2D eigenvalue weighted by Gasteiger charge is 2.23. The molecule has 1 amide bonds. The largest absolute Gasteiger partial charge is 0.338 e. The Hall–Kier alpha value is -2.87. The number of nitrogens with one attached hydrogen (secondary N) is 1. The zero-order valence-corrected chi connectivity index (χ0v) is 15.6. The van der Waals surface area contributed by atoms with Crippen molar-refractivity contribution in [3.05, 3.63) is 63.6 Å². The summed E-state index contributed by atoms with van der Waals surface area (Å²) in [6.45, 7) is 1.90. The number of hydrogen-bond acceptors (Lipinski definition) is 6. The van der Waals surface area contributed by atoms with Crippen LogP contribution in [0.1, 0.15) is 23.7 Å². The van der Waals surface area contributed by atoms with Gasteiger partial charge in [-0.05, 0) is 18.1 Å². The molecule has 4 rings (SSSR count). The molecule has 0 aliphatic carbocycles. The molecule has 0 saturated carbocycles. The monoisotopic (exact) mass is 382 g/mol. The van der Waals surface area contributed by atoms with Crippen molar-refractivity contribution in [3.63, 3.8) is 0 Å². The fourth-order valence-electron chi connectivity index (χ4n) is 2.88. The second-order valence-electron chi connectivity index (χ2n) is 6.24. The minimum Gasteiger partial charge on any atom is -0.338 e. The van der Waals surface area contributed by atoms with Gasteiger partial charge in [0, 0.05) is 23.1 Å². The molecule has 2 aromatic heterocycles. The molecule has 0 radical (unpaired) electrons. The number of anilines is 1. The van der Waals surface area contributed by atoms with Gasteiger partial charge in [0.1, 0.15) is 6.54 Å². The van der Waals surface area contributed by atoms with E-state index < -0.39 is 0 Å². The van der Waals surface area contributed by atoms with E-state index in [1.54, 1.807) is 17.8 Å². The van der Waals surface area contributed by atoms with Crippen LogP contribution < -0.4 is 10.9 Å². The Morgan fingerprint density at radius 2 is 2.04 bits per heavy atom. The third kappa shape index (κ3) is 3.66. The summed E-state index contributed by atoms with van der Waals surface area (Å²) < 4.78 is 6.34. The van der Waals surface area contributed by atoms with E-state index in [-0.39, 0.29) is 18.0 Å². The van der Waals surface area contributed by atoms with Crippen LogP contribution in [0.2, 0.25) is 0 Å². The lowest BCUT2D eigenvalue weighted by molar-refractivity contribution is -0.117. The summed E-state index contributed by atoms with van der Waals surface area (Å²) in [7, 11) is 0. The number of thioether (sulfide) groups is 1. The summed E-state index contributed by atoms with van der Waals surface area (Å²) in [4.78, 5) is 24.5. The molecule has 27 heavy (non-hydrogen) atoms. The molecular formula is C19H18N4O3S. The van der Waals surface area contributed by atoms with Gasteiger partial charge in [-0.15, -0.1) is 0 Å². The van der Waals surface area contributed by atoms with E-state index in [0.717, 1.165) is 39.4 Å². The number of aryl methyl sites for hydroxylation is 1. The maximum Gasteiger partial charge on any atom is 0.267 e. The van der Waals surface area contributed by atoms with E-state index in [9.17, 15) is 9.59 Å². The van der Waals surface area contributed by atoms with Crippen LogP contribution in [0.5, 0.6) is 0 Å². The zero-order valence-electron chi connectivity index (χ0n) is 14.8. The first kappa shape index (κ1) is 17.5.